The van der Waals surface area contributed by atoms with E-state index in [1.54, 1.807) is 13.8 Å². The summed E-state index contributed by atoms with van der Waals surface area (Å²) in [5, 5.41) is 23.2. The number of β-lactam (4-membered cyclic amide) rings is 1. The number of carbonyl (C=O) groups excluding carboxylic acids is 2. The molecule has 0 bridgehead atoms. The molecule has 12 heteroatoms. The van der Waals surface area contributed by atoms with E-state index in [-0.39, 0.29) is 30.8 Å². The highest BCUT2D eigenvalue weighted by Crippen LogP contribution is 2.24. The Balaban J connectivity index is 1.95. The van der Waals surface area contributed by atoms with Gasteiger partial charge in [0.2, 0.25) is 0 Å². The van der Waals surface area contributed by atoms with E-state index < -0.39 is 41.9 Å². The van der Waals surface area contributed by atoms with E-state index in [9.17, 15) is 29.2 Å². The van der Waals surface area contributed by atoms with Gasteiger partial charge >= 0.3 is 11.9 Å². The molecule has 0 aliphatic carbocycles. The molecule has 1 heterocycles. The molecule has 0 saturated carbocycles. The average Bonchev–Trinajstić information content (AvgIpc) is 2.73. The SMILES string of the molecule is CC(C)=C(C(=O)O)N1CC(NC(=O)C(N=O)c2ccc(OCCC(N)C(=O)O)cc2)C1=O. The van der Waals surface area contributed by atoms with Crippen LogP contribution in [0, 0.1) is 4.91 Å². The number of aliphatic carboxylic acids is 2. The van der Waals surface area contributed by atoms with Crippen LogP contribution in [0.5, 0.6) is 5.75 Å². The zero-order valence-corrected chi connectivity index (χ0v) is 17.5. The van der Waals surface area contributed by atoms with Crippen molar-refractivity contribution in [2.45, 2.75) is 38.4 Å². The monoisotopic (exact) mass is 448 g/mol. The Morgan fingerprint density at radius 1 is 1.25 bits per heavy atom. The highest BCUT2D eigenvalue weighted by atomic mass is 16.5. The van der Waals surface area contributed by atoms with Crippen molar-refractivity contribution in [3.8, 4) is 5.75 Å². The number of allylic oxidation sites excluding steroid dienone is 1. The Morgan fingerprint density at radius 3 is 2.34 bits per heavy atom. The van der Waals surface area contributed by atoms with Gasteiger partial charge in [0.05, 0.1) is 13.2 Å². The summed E-state index contributed by atoms with van der Waals surface area (Å²) in [5.41, 5.74) is 5.93. The van der Waals surface area contributed by atoms with Gasteiger partial charge in [0.15, 0.2) is 6.04 Å². The third-order valence-corrected chi connectivity index (χ3v) is 4.76. The van der Waals surface area contributed by atoms with E-state index in [0.29, 0.717) is 11.3 Å². The fraction of sp³-hybridized carbons (Fsp3) is 0.400. The molecule has 2 rings (SSSR count). The number of carbonyl (C=O) groups is 4. The molecule has 0 aromatic heterocycles. The standard InChI is InChI=1S/C20H24N4O8/c1-10(2)16(20(29)30)24-9-14(18(24)26)22-17(25)15(23-31)11-3-5-12(6-4-11)32-8-7-13(21)19(27)28/h3-6,13-15H,7-9,21H2,1-2H3,(H,22,25)(H,27,28)(H,29,30). The number of nitrogens with one attached hydrogen (secondary N) is 1. The minimum absolute atomic E-state index is 0.0335. The summed E-state index contributed by atoms with van der Waals surface area (Å²) in [6.07, 6.45) is 0.0980. The molecule has 0 radical (unpaired) electrons. The predicted octanol–water partition coefficient (Wildman–Crippen LogP) is 0.380. The van der Waals surface area contributed by atoms with Crippen LogP contribution in [0.15, 0.2) is 40.7 Å². The Kier molecular flexibility index (Phi) is 8.02. The van der Waals surface area contributed by atoms with Crippen molar-refractivity contribution in [1.29, 1.82) is 0 Å². The Morgan fingerprint density at radius 2 is 1.88 bits per heavy atom. The van der Waals surface area contributed by atoms with Gasteiger partial charge in [0, 0.05) is 6.42 Å². The highest BCUT2D eigenvalue weighted by molar-refractivity contribution is 6.00. The molecule has 1 aromatic carbocycles. The molecule has 172 valence electrons. The summed E-state index contributed by atoms with van der Waals surface area (Å²) < 4.78 is 5.38. The van der Waals surface area contributed by atoms with Crippen molar-refractivity contribution in [1.82, 2.24) is 10.2 Å². The molecular weight excluding hydrogens is 424 g/mol. The highest BCUT2D eigenvalue weighted by Gasteiger charge is 2.43. The van der Waals surface area contributed by atoms with Crippen LogP contribution in [0.2, 0.25) is 0 Å². The van der Waals surface area contributed by atoms with Crippen LogP contribution >= 0.6 is 0 Å². The first kappa shape index (κ1) is 24.5. The number of carboxylic acid groups (broad SMARTS) is 2. The lowest BCUT2D eigenvalue weighted by molar-refractivity contribution is -0.149. The number of carboxylic acids is 2. The maximum absolute atomic E-state index is 12.5. The van der Waals surface area contributed by atoms with Crippen LogP contribution in [0.25, 0.3) is 0 Å². The van der Waals surface area contributed by atoms with E-state index in [2.05, 4.69) is 10.5 Å². The van der Waals surface area contributed by atoms with Gasteiger partial charge in [-0.3, -0.25) is 14.4 Å². The number of nitrogens with zero attached hydrogens (tertiary/aromatic N) is 2. The summed E-state index contributed by atoms with van der Waals surface area (Å²) in [6.45, 7) is 3.15. The third kappa shape index (κ3) is 5.66. The van der Waals surface area contributed by atoms with Crippen molar-refractivity contribution < 1.29 is 34.1 Å². The number of nitrogens with two attached hydrogens (primary N) is 1. The lowest BCUT2D eigenvalue weighted by Gasteiger charge is -2.39. The van der Waals surface area contributed by atoms with Gasteiger partial charge in [0.1, 0.15) is 23.5 Å². The summed E-state index contributed by atoms with van der Waals surface area (Å²) in [5.74, 6) is -3.40. The zero-order chi connectivity index (χ0) is 24.0. The Labute approximate surface area is 183 Å². The van der Waals surface area contributed by atoms with Crippen molar-refractivity contribution in [2.75, 3.05) is 13.2 Å². The number of nitroso groups, excluding NO2 is 1. The summed E-state index contributed by atoms with van der Waals surface area (Å²) in [7, 11) is 0. The number of hydrogen-bond acceptors (Lipinski definition) is 8. The summed E-state index contributed by atoms with van der Waals surface area (Å²) >= 11 is 0. The first-order valence-electron chi connectivity index (χ1n) is 9.63. The smallest absolute Gasteiger partial charge is 0.352 e. The summed E-state index contributed by atoms with van der Waals surface area (Å²) in [6, 6.07) is 2.43. The average molecular weight is 448 g/mol. The van der Waals surface area contributed by atoms with E-state index in [0.717, 1.165) is 4.90 Å². The fourth-order valence-corrected chi connectivity index (χ4v) is 3.02. The molecule has 3 unspecified atom stereocenters. The quantitative estimate of drug-likeness (QED) is 0.211. The van der Waals surface area contributed by atoms with Gasteiger partial charge in [-0.2, -0.15) is 0 Å². The van der Waals surface area contributed by atoms with Crippen molar-refractivity contribution in [2.24, 2.45) is 10.9 Å². The Bertz CT molecular complexity index is 939. The van der Waals surface area contributed by atoms with Gasteiger partial charge in [-0.1, -0.05) is 17.3 Å². The number of likely N-dealkylation sites (tertiary alicyclic amines) is 1. The maximum atomic E-state index is 12.5. The molecule has 5 N–H and O–H groups in total. The second kappa shape index (κ2) is 10.5. The fourth-order valence-electron chi connectivity index (χ4n) is 3.02. The predicted molar refractivity (Wildman–Crippen MR) is 110 cm³/mol. The number of ether oxygens (including phenoxy) is 1. The largest absolute Gasteiger partial charge is 0.494 e. The zero-order valence-electron chi connectivity index (χ0n) is 17.5. The molecule has 1 fully saturated rings. The van der Waals surface area contributed by atoms with Crippen LogP contribution in [0.4, 0.5) is 0 Å². The van der Waals surface area contributed by atoms with Crippen molar-refractivity contribution in [3.63, 3.8) is 0 Å². The first-order chi connectivity index (χ1) is 15.1. The molecule has 12 nitrogen and oxygen atoms in total. The molecular formula is C20H24N4O8. The minimum atomic E-state index is -1.42. The number of hydrogen-bond donors (Lipinski definition) is 4. The van der Waals surface area contributed by atoms with Gasteiger partial charge < -0.3 is 30.9 Å². The Hall–Kier alpha value is -3.80. The van der Waals surface area contributed by atoms with Crippen LogP contribution < -0.4 is 15.8 Å². The second-order valence-corrected chi connectivity index (χ2v) is 7.32. The molecule has 1 aliphatic heterocycles. The van der Waals surface area contributed by atoms with E-state index in [1.807, 2.05) is 0 Å². The number of rotatable bonds is 11. The van der Waals surface area contributed by atoms with Gasteiger partial charge in [-0.25, -0.2) is 4.79 Å². The first-order valence-corrected chi connectivity index (χ1v) is 9.63. The van der Waals surface area contributed by atoms with Crippen LogP contribution in [-0.4, -0.2) is 64.1 Å². The van der Waals surface area contributed by atoms with E-state index in [1.165, 1.54) is 24.3 Å². The number of benzene rings is 1. The molecule has 1 aliphatic rings. The second-order valence-electron chi connectivity index (χ2n) is 7.32. The lowest BCUT2D eigenvalue weighted by Crippen LogP contribution is -2.64. The van der Waals surface area contributed by atoms with Crippen LogP contribution in [0.1, 0.15) is 31.9 Å². The molecule has 3 atom stereocenters. The third-order valence-electron chi connectivity index (χ3n) is 4.76. The lowest BCUT2D eigenvalue weighted by atomic mass is 10.0. The minimum Gasteiger partial charge on any atom is -0.494 e. The summed E-state index contributed by atoms with van der Waals surface area (Å²) in [4.78, 5) is 59.0. The molecule has 2 amide bonds. The normalized spacial score (nSPS) is 16.9. The van der Waals surface area contributed by atoms with E-state index in [4.69, 9.17) is 15.6 Å². The topological polar surface area (TPSA) is 189 Å². The van der Waals surface area contributed by atoms with Gasteiger partial charge in [-0.05, 0) is 37.1 Å². The van der Waals surface area contributed by atoms with Crippen LogP contribution in [-0.2, 0) is 19.2 Å². The molecule has 32 heavy (non-hydrogen) atoms. The number of amides is 2. The maximum Gasteiger partial charge on any atom is 0.352 e. The molecule has 1 aromatic rings. The van der Waals surface area contributed by atoms with Crippen LogP contribution in [0.3, 0.4) is 0 Å². The van der Waals surface area contributed by atoms with Crippen molar-refractivity contribution >= 4 is 23.8 Å². The van der Waals surface area contributed by atoms with Crippen molar-refractivity contribution in [3.05, 3.63) is 46.0 Å². The molecule has 0 spiro atoms. The van der Waals surface area contributed by atoms with E-state index >= 15 is 0 Å². The molecule has 1 saturated heterocycles. The van der Waals surface area contributed by atoms with Gasteiger partial charge in [-0.15, -0.1) is 4.91 Å². The van der Waals surface area contributed by atoms with Gasteiger partial charge in [0.25, 0.3) is 11.8 Å².